The maximum atomic E-state index is 5.72. The van der Waals surface area contributed by atoms with Crippen LogP contribution in [0.25, 0.3) is 0 Å². The molecule has 0 fully saturated rings. The Morgan fingerprint density at radius 2 is 1.75 bits per heavy atom. The van der Waals surface area contributed by atoms with E-state index in [0.29, 0.717) is 25.2 Å². The first-order valence-electron chi connectivity index (χ1n) is 7.65. The quantitative estimate of drug-likeness (QED) is 0.663. The van der Waals surface area contributed by atoms with Crippen LogP contribution in [-0.4, -0.2) is 25.9 Å². The summed E-state index contributed by atoms with van der Waals surface area (Å²) in [7, 11) is 0. The fourth-order valence-corrected chi connectivity index (χ4v) is 2.11. The zero-order valence-corrected chi connectivity index (χ0v) is 13.3. The summed E-state index contributed by atoms with van der Waals surface area (Å²) in [5.74, 6) is 1.58. The van der Waals surface area contributed by atoms with Crippen molar-refractivity contribution in [1.29, 1.82) is 0 Å². The zero-order chi connectivity index (χ0) is 14.8. The summed E-state index contributed by atoms with van der Waals surface area (Å²) in [6, 6.07) is 8.23. The van der Waals surface area contributed by atoms with Gasteiger partial charge >= 0.3 is 0 Å². The highest BCUT2D eigenvalue weighted by atomic mass is 16.5. The topological polar surface area (TPSA) is 30.5 Å². The monoisotopic (exact) mass is 279 g/mol. The second kappa shape index (κ2) is 9.78. The van der Waals surface area contributed by atoms with E-state index in [4.69, 9.17) is 9.47 Å². The van der Waals surface area contributed by atoms with E-state index < -0.39 is 0 Å². The average Bonchev–Trinajstić information content (AvgIpc) is 2.42. The van der Waals surface area contributed by atoms with E-state index in [9.17, 15) is 0 Å². The second-order valence-electron chi connectivity index (χ2n) is 5.58. The van der Waals surface area contributed by atoms with Gasteiger partial charge in [-0.1, -0.05) is 32.9 Å². The summed E-state index contributed by atoms with van der Waals surface area (Å²) in [4.78, 5) is 0. The second-order valence-corrected chi connectivity index (χ2v) is 5.58. The van der Waals surface area contributed by atoms with Gasteiger partial charge in [-0.05, 0) is 43.5 Å². The average molecular weight is 279 g/mol. The van der Waals surface area contributed by atoms with Gasteiger partial charge in [-0.15, -0.1) is 0 Å². The van der Waals surface area contributed by atoms with Crippen LogP contribution in [0.5, 0.6) is 5.75 Å². The van der Waals surface area contributed by atoms with E-state index in [1.165, 1.54) is 5.56 Å². The summed E-state index contributed by atoms with van der Waals surface area (Å²) in [6.45, 7) is 11.8. The van der Waals surface area contributed by atoms with Crippen LogP contribution >= 0.6 is 0 Å². The summed E-state index contributed by atoms with van der Waals surface area (Å²) in [5.41, 5.74) is 1.28. The highest BCUT2D eigenvalue weighted by Crippen LogP contribution is 2.12. The molecule has 1 aromatic rings. The Bertz CT molecular complexity index is 349. The van der Waals surface area contributed by atoms with Crippen molar-refractivity contribution >= 4 is 0 Å². The fraction of sp³-hybridized carbons (Fsp3) is 0.647. The van der Waals surface area contributed by atoms with Crippen LogP contribution in [0.2, 0.25) is 0 Å². The van der Waals surface area contributed by atoms with Crippen LogP contribution in [0.15, 0.2) is 24.3 Å². The standard InChI is InChI=1S/C17H29NO2/c1-5-18-13-16-6-8-17(9-7-16)20-11-10-19-15(4)12-14(2)3/h6-9,14-15,18H,5,10-13H2,1-4H3. The molecule has 0 heterocycles. The summed E-state index contributed by atoms with van der Waals surface area (Å²) in [6.07, 6.45) is 1.40. The first-order valence-corrected chi connectivity index (χ1v) is 7.65. The third-order valence-electron chi connectivity index (χ3n) is 3.06. The lowest BCUT2D eigenvalue weighted by Crippen LogP contribution is -2.16. The smallest absolute Gasteiger partial charge is 0.119 e. The van der Waals surface area contributed by atoms with E-state index in [1.807, 2.05) is 12.1 Å². The molecule has 0 amide bonds. The molecule has 3 nitrogen and oxygen atoms in total. The Hall–Kier alpha value is -1.06. The van der Waals surface area contributed by atoms with E-state index in [1.54, 1.807) is 0 Å². The van der Waals surface area contributed by atoms with Gasteiger partial charge in [0.25, 0.3) is 0 Å². The third-order valence-corrected chi connectivity index (χ3v) is 3.06. The summed E-state index contributed by atoms with van der Waals surface area (Å²) in [5, 5.41) is 3.30. The molecular weight excluding hydrogens is 250 g/mol. The van der Waals surface area contributed by atoms with Crippen molar-refractivity contribution in [2.75, 3.05) is 19.8 Å². The van der Waals surface area contributed by atoms with Gasteiger partial charge in [0, 0.05) is 6.54 Å². The van der Waals surface area contributed by atoms with Crippen molar-refractivity contribution in [2.45, 2.75) is 46.8 Å². The predicted octanol–water partition coefficient (Wildman–Crippen LogP) is 3.63. The molecule has 114 valence electrons. The number of rotatable bonds is 10. The molecule has 1 rings (SSSR count). The molecule has 0 spiro atoms. The van der Waals surface area contributed by atoms with Gasteiger partial charge < -0.3 is 14.8 Å². The minimum atomic E-state index is 0.307. The molecule has 0 saturated heterocycles. The highest BCUT2D eigenvalue weighted by Gasteiger charge is 2.04. The molecule has 20 heavy (non-hydrogen) atoms. The van der Waals surface area contributed by atoms with Crippen molar-refractivity contribution in [3.05, 3.63) is 29.8 Å². The SMILES string of the molecule is CCNCc1ccc(OCCOC(C)CC(C)C)cc1. The van der Waals surface area contributed by atoms with Gasteiger partial charge in [0.15, 0.2) is 0 Å². The Morgan fingerprint density at radius 1 is 1.05 bits per heavy atom. The van der Waals surface area contributed by atoms with E-state index in [2.05, 4.69) is 45.1 Å². The molecule has 3 heteroatoms. The van der Waals surface area contributed by atoms with Crippen molar-refractivity contribution in [3.8, 4) is 5.75 Å². The van der Waals surface area contributed by atoms with Gasteiger partial charge in [0.1, 0.15) is 12.4 Å². The predicted molar refractivity (Wildman–Crippen MR) is 84.2 cm³/mol. The van der Waals surface area contributed by atoms with Crippen molar-refractivity contribution in [2.24, 2.45) is 5.92 Å². The molecule has 1 N–H and O–H groups in total. The molecule has 0 aliphatic heterocycles. The molecule has 0 aromatic heterocycles. The minimum Gasteiger partial charge on any atom is -0.491 e. The number of ether oxygens (including phenoxy) is 2. The lowest BCUT2D eigenvalue weighted by Gasteiger charge is -2.15. The molecule has 1 unspecified atom stereocenters. The van der Waals surface area contributed by atoms with Crippen LogP contribution in [-0.2, 0) is 11.3 Å². The van der Waals surface area contributed by atoms with E-state index >= 15 is 0 Å². The highest BCUT2D eigenvalue weighted by molar-refractivity contribution is 5.27. The van der Waals surface area contributed by atoms with Gasteiger partial charge in [0.2, 0.25) is 0 Å². The summed E-state index contributed by atoms with van der Waals surface area (Å²) < 4.78 is 11.4. The van der Waals surface area contributed by atoms with Crippen LogP contribution in [0.4, 0.5) is 0 Å². The lowest BCUT2D eigenvalue weighted by molar-refractivity contribution is 0.0331. The number of benzene rings is 1. The van der Waals surface area contributed by atoms with Crippen molar-refractivity contribution in [1.82, 2.24) is 5.32 Å². The Kier molecular flexibility index (Phi) is 8.31. The molecule has 0 aliphatic rings. The van der Waals surface area contributed by atoms with Gasteiger partial charge in [-0.2, -0.15) is 0 Å². The largest absolute Gasteiger partial charge is 0.491 e. The Morgan fingerprint density at radius 3 is 2.35 bits per heavy atom. The van der Waals surface area contributed by atoms with Crippen LogP contribution in [0, 0.1) is 5.92 Å². The summed E-state index contributed by atoms with van der Waals surface area (Å²) >= 11 is 0. The lowest BCUT2D eigenvalue weighted by atomic mass is 10.1. The number of nitrogens with one attached hydrogen (secondary N) is 1. The molecule has 0 bridgehead atoms. The van der Waals surface area contributed by atoms with Crippen molar-refractivity contribution < 1.29 is 9.47 Å². The van der Waals surface area contributed by atoms with E-state index in [-0.39, 0.29) is 0 Å². The molecule has 0 radical (unpaired) electrons. The number of hydrogen-bond acceptors (Lipinski definition) is 3. The molecule has 1 aromatic carbocycles. The molecular formula is C17H29NO2. The Labute approximate surface area is 123 Å². The molecule has 0 saturated carbocycles. The minimum absolute atomic E-state index is 0.307. The first-order chi connectivity index (χ1) is 9.61. The van der Waals surface area contributed by atoms with Gasteiger partial charge in [-0.25, -0.2) is 0 Å². The van der Waals surface area contributed by atoms with E-state index in [0.717, 1.165) is 25.3 Å². The maximum Gasteiger partial charge on any atom is 0.119 e. The van der Waals surface area contributed by atoms with Gasteiger partial charge in [-0.3, -0.25) is 0 Å². The zero-order valence-electron chi connectivity index (χ0n) is 13.3. The van der Waals surface area contributed by atoms with Crippen LogP contribution in [0.1, 0.15) is 39.7 Å². The fourth-order valence-electron chi connectivity index (χ4n) is 2.11. The number of hydrogen-bond donors (Lipinski definition) is 1. The van der Waals surface area contributed by atoms with Crippen LogP contribution < -0.4 is 10.1 Å². The van der Waals surface area contributed by atoms with Gasteiger partial charge in [0.05, 0.1) is 12.7 Å². The normalized spacial score (nSPS) is 12.7. The third kappa shape index (κ3) is 7.51. The molecule has 0 aliphatic carbocycles. The first kappa shape index (κ1) is 17.0. The Balaban J connectivity index is 2.18. The van der Waals surface area contributed by atoms with Crippen LogP contribution in [0.3, 0.4) is 0 Å². The maximum absolute atomic E-state index is 5.72. The molecule has 1 atom stereocenters. The van der Waals surface area contributed by atoms with Crippen molar-refractivity contribution in [3.63, 3.8) is 0 Å².